The van der Waals surface area contributed by atoms with E-state index in [0.717, 1.165) is 9.61 Å². The van der Waals surface area contributed by atoms with Crippen molar-refractivity contribution in [3.05, 3.63) is 29.8 Å². The van der Waals surface area contributed by atoms with Crippen LogP contribution in [0.4, 0.5) is 0 Å². The fourth-order valence-electron chi connectivity index (χ4n) is 0.783. The number of alkyl halides is 1. The van der Waals surface area contributed by atoms with Gasteiger partial charge < -0.3 is 0 Å². The van der Waals surface area contributed by atoms with E-state index in [1.165, 1.54) is 5.56 Å². The van der Waals surface area contributed by atoms with Crippen molar-refractivity contribution in [2.24, 2.45) is 0 Å². The van der Waals surface area contributed by atoms with Gasteiger partial charge in [-0.05, 0) is 10.8 Å². The first-order valence-corrected chi connectivity index (χ1v) is 9.82. The normalized spacial score (nSPS) is 11.7. The Bertz CT molecular complexity index is 254. The van der Waals surface area contributed by atoms with E-state index in [0.29, 0.717) is 0 Å². The van der Waals surface area contributed by atoms with Crippen molar-refractivity contribution in [1.82, 2.24) is 0 Å². The first-order valence-electron chi connectivity index (χ1n) is 3.26. The summed E-state index contributed by atoms with van der Waals surface area (Å²) in [6, 6.07) is 5.13. The number of halogens is 4. The highest BCUT2D eigenvalue weighted by Gasteiger charge is 2.27. The monoisotopic (exact) mass is 350 g/mol. The van der Waals surface area contributed by atoms with Crippen molar-refractivity contribution in [1.29, 1.82) is 0 Å². The fourth-order valence-corrected chi connectivity index (χ4v) is 2.97. The molecule has 0 saturated heterocycles. The van der Waals surface area contributed by atoms with Gasteiger partial charge in [0.1, 0.15) is 0 Å². The molecular formula is C7H6Cl3ISi. The molecule has 12 heavy (non-hydrogen) atoms. The average molecular weight is 351 g/mol. The summed E-state index contributed by atoms with van der Waals surface area (Å²) in [5.74, 6) is 0. The summed E-state index contributed by atoms with van der Waals surface area (Å²) in [4.78, 5) is 0. The topological polar surface area (TPSA) is 0 Å². The molecule has 0 aromatic heterocycles. The van der Waals surface area contributed by atoms with Gasteiger partial charge in [-0.1, -0.05) is 46.9 Å². The first kappa shape index (κ1) is 11.1. The zero-order chi connectivity index (χ0) is 9.19. The van der Waals surface area contributed by atoms with E-state index in [1.54, 1.807) is 0 Å². The molecule has 0 saturated carbocycles. The number of hydrogen-bond acceptors (Lipinski definition) is 0. The molecular weight excluding hydrogens is 345 g/mol. The molecule has 0 bridgehead atoms. The Labute approximate surface area is 100 Å². The highest BCUT2D eigenvalue weighted by atomic mass is 127. The zero-order valence-electron chi connectivity index (χ0n) is 6.03. The molecule has 0 radical (unpaired) electrons. The Morgan fingerprint density at radius 3 is 1.92 bits per heavy atom. The van der Waals surface area contributed by atoms with Gasteiger partial charge in [-0.15, -0.1) is 33.2 Å². The van der Waals surface area contributed by atoms with Crippen LogP contribution in [0.3, 0.4) is 0 Å². The van der Waals surface area contributed by atoms with Crippen LogP contribution in [-0.2, 0) is 4.43 Å². The molecule has 0 atom stereocenters. The van der Waals surface area contributed by atoms with Crippen molar-refractivity contribution < 1.29 is 0 Å². The van der Waals surface area contributed by atoms with E-state index >= 15 is 0 Å². The molecule has 0 N–H and O–H groups in total. The Morgan fingerprint density at radius 2 is 1.58 bits per heavy atom. The molecule has 0 unspecified atom stereocenters. The van der Waals surface area contributed by atoms with Crippen LogP contribution in [-0.4, -0.2) is 6.00 Å². The molecule has 66 valence electrons. The second-order valence-electron chi connectivity index (χ2n) is 2.33. The first-order chi connectivity index (χ1) is 5.54. The lowest BCUT2D eigenvalue weighted by molar-refractivity contribution is 1.47. The Kier molecular flexibility index (Phi) is 4.17. The molecule has 0 amide bonds. The molecule has 0 spiro atoms. The quantitative estimate of drug-likeness (QED) is 0.331. The molecule has 0 heterocycles. The maximum absolute atomic E-state index is 5.82. The van der Waals surface area contributed by atoms with Crippen molar-refractivity contribution >= 4 is 67.0 Å². The van der Waals surface area contributed by atoms with E-state index < -0.39 is 6.00 Å². The Balaban J connectivity index is 2.93. The van der Waals surface area contributed by atoms with E-state index in [9.17, 15) is 0 Å². The summed E-state index contributed by atoms with van der Waals surface area (Å²) in [6.07, 6.45) is 0. The van der Waals surface area contributed by atoms with E-state index in [-0.39, 0.29) is 0 Å². The summed E-state index contributed by atoms with van der Waals surface area (Å²) in [6.45, 7) is 0. The maximum Gasteiger partial charge on any atom is 0.372 e. The average Bonchev–Trinajstić information content (AvgIpc) is 2.03. The van der Waals surface area contributed by atoms with Gasteiger partial charge in [0.05, 0.1) is 0 Å². The zero-order valence-corrected chi connectivity index (χ0v) is 11.5. The maximum atomic E-state index is 5.82. The lowest BCUT2D eigenvalue weighted by Gasteiger charge is -2.07. The largest absolute Gasteiger partial charge is 0.372 e. The standard InChI is InChI=1S/C7H6Cl3ISi/c8-12(9,10)7-3-1-6(5-11)2-4-7/h1-4H,5H2. The third-order valence-electron chi connectivity index (χ3n) is 1.44. The fraction of sp³-hybridized carbons (Fsp3) is 0.143. The molecule has 0 nitrogen and oxygen atoms in total. The summed E-state index contributed by atoms with van der Waals surface area (Å²) in [5.41, 5.74) is 1.25. The van der Waals surface area contributed by atoms with Gasteiger partial charge in [0.25, 0.3) is 0 Å². The second-order valence-corrected chi connectivity index (χ2v) is 11.5. The lowest BCUT2D eigenvalue weighted by atomic mass is 10.2. The van der Waals surface area contributed by atoms with Gasteiger partial charge in [-0.25, -0.2) is 0 Å². The van der Waals surface area contributed by atoms with Crippen LogP contribution >= 0.6 is 55.8 Å². The van der Waals surface area contributed by atoms with Gasteiger partial charge in [-0.3, -0.25) is 0 Å². The molecule has 1 aromatic carbocycles. The summed E-state index contributed by atoms with van der Waals surface area (Å²) < 4.78 is 0.986. The van der Waals surface area contributed by atoms with E-state index in [1.807, 2.05) is 24.3 Å². The van der Waals surface area contributed by atoms with Gasteiger partial charge in [0, 0.05) is 4.43 Å². The van der Waals surface area contributed by atoms with Crippen LogP contribution in [0.1, 0.15) is 5.56 Å². The van der Waals surface area contributed by atoms with Crippen LogP contribution in [0.15, 0.2) is 24.3 Å². The highest BCUT2D eigenvalue weighted by Crippen LogP contribution is 2.19. The van der Waals surface area contributed by atoms with Crippen molar-refractivity contribution in [2.45, 2.75) is 4.43 Å². The van der Waals surface area contributed by atoms with Gasteiger partial charge in [0.2, 0.25) is 0 Å². The van der Waals surface area contributed by atoms with Crippen LogP contribution < -0.4 is 5.19 Å². The minimum absolute atomic E-state index is 0.848. The molecule has 1 rings (SSSR count). The predicted octanol–water partition coefficient (Wildman–Crippen LogP) is 3.48. The van der Waals surface area contributed by atoms with Crippen LogP contribution in [0.5, 0.6) is 0 Å². The molecule has 0 aliphatic carbocycles. The summed E-state index contributed by atoms with van der Waals surface area (Å²) in [7, 11) is 0. The Morgan fingerprint density at radius 1 is 1.08 bits per heavy atom. The lowest BCUT2D eigenvalue weighted by Crippen LogP contribution is -2.29. The Hall–Kier alpha value is 1.04. The van der Waals surface area contributed by atoms with Crippen LogP contribution in [0.2, 0.25) is 0 Å². The summed E-state index contributed by atoms with van der Waals surface area (Å²) >= 11 is 19.8. The summed E-state index contributed by atoms with van der Waals surface area (Å²) in [5, 5.41) is 0.848. The molecule has 0 aliphatic heterocycles. The van der Waals surface area contributed by atoms with Gasteiger partial charge in [-0.2, -0.15) is 0 Å². The molecule has 0 fully saturated rings. The number of rotatable bonds is 2. The van der Waals surface area contributed by atoms with Crippen molar-refractivity contribution in [3.8, 4) is 0 Å². The van der Waals surface area contributed by atoms with E-state index in [4.69, 9.17) is 33.2 Å². The van der Waals surface area contributed by atoms with E-state index in [2.05, 4.69) is 22.6 Å². The second kappa shape index (κ2) is 4.51. The SMILES string of the molecule is Cl[Si](Cl)(Cl)c1ccc(CI)cc1. The van der Waals surface area contributed by atoms with Gasteiger partial charge >= 0.3 is 6.00 Å². The molecule has 5 heteroatoms. The highest BCUT2D eigenvalue weighted by molar-refractivity contribution is 14.1. The molecule has 0 aliphatic rings. The third-order valence-corrected chi connectivity index (χ3v) is 5.27. The van der Waals surface area contributed by atoms with Crippen LogP contribution in [0, 0.1) is 0 Å². The number of hydrogen-bond donors (Lipinski definition) is 0. The minimum atomic E-state index is -2.65. The predicted molar refractivity (Wildman–Crippen MR) is 67.1 cm³/mol. The third kappa shape index (κ3) is 3.07. The molecule has 1 aromatic rings. The van der Waals surface area contributed by atoms with Crippen LogP contribution in [0.25, 0.3) is 0 Å². The minimum Gasteiger partial charge on any atom is -0.121 e. The van der Waals surface area contributed by atoms with Gasteiger partial charge in [0.15, 0.2) is 0 Å². The van der Waals surface area contributed by atoms with Crippen molar-refractivity contribution in [2.75, 3.05) is 0 Å². The smallest absolute Gasteiger partial charge is 0.121 e. The van der Waals surface area contributed by atoms with Crippen molar-refractivity contribution in [3.63, 3.8) is 0 Å². The number of benzene rings is 1.